The predicted molar refractivity (Wildman–Crippen MR) is 124 cm³/mol. The highest BCUT2D eigenvalue weighted by molar-refractivity contribution is 5.73. The lowest BCUT2D eigenvalue weighted by molar-refractivity contribution is -0.192. The Hall–Kier alpha value is -3.77. The fraction of sp³-hybridized carbons (Fsp3) is 0.333. The Kier molecular flexibility index (Phi) is 7.36. The van der Waals surface area contributed by atoms with Crippen molar-refractivity contribution in [3.05, 3.63) is 71.8 Å². The summed E-state index contributed by atoms with van der Waals surface area (Å²) in [6, 6.07) is 12.7. The number of alkyl halides is 3. The maximum Gasteiger partial charge on any atom is 0.490 e. The Labute approximate surface area is 204 Å². The maximum atomic E-state index is 10.6. The Morgan fingerprint density at radius 1 is 1.14 bits per heavy atom. The lowest BCUT2D eigenvalue weighted by Crippen LogP contribution is -2.38. The van der Waals surface area contributed by atoms with Crippen LogP contribution in [0.5, 0.6) is 0 Å². The number of rotatable bonds is 4. The van der Waals surface area contributed by atoms with Gasteiger partial charge in [-0.05, 0) is 18.6 Å². The second-order valence-corrected chi connectivity index (χ2v) is 8.51. The van der Waals surface area contributed by atoms with Gasteiger partial charge in [0.15, 0.2) is 0 Å². The number of aryl methyl sites for hydroxylation is 2. The molecule has 1 atom stereocenters. The summed E-state index contributed by atoms with van der Waals surface area (Å²) in [7, 11) is 1.94. The second-order valence-electron chi connectivity index (χ2n) is 8.51. The number of carboxylic acids is 1. The highest BCUT2D eigenvalue weighted by Gasteiger charge is 2.38. The average molecular weight is 502 g/mol. The van der Waals surface area contributed by atoms with Gasteiger partial charge in [0.05, 0.1) is 18.3 Å². The van der Waals surface area contributed by atoms with E-state index in [-0.39, 0.29) is 6.10 Å². The van der Waals surface area contributed by atoms with Crippen molar-refractivity contribution in [1.82, 2.24) is 29.5 Å². The van der Waals surface area contributed by atoms with E-state index in [4.69, 9.17) is 14.6 Å². The van der Waals surface area contributed by atoms with Gasteiger partial charge in [-0.15, -0.1) is 5.10 Å². The number of pyridine rings is 1. The lowest BCUT2D eigenvalue weighted by Gasteiger charge is -2.31. The molecule has 0 bridgehead atoms. The van der Waals surface area contributed by atoms with Crippen molar-refractivity contribution in [3.63, 3.8) is 0 Å². The van der Waals surface area contributed by atoms with Crippen LogP contribution in [0.2, 0.25) is 0 Å². The van der Waals surface area contributed by atoms with Gasteiger partial charge in [-0.1, -0.05) is 41.1 Å². The highest BCUT2D eigenvalue weighted by Crippen LogP contribution is 2.27. The molecule has 1 saturated heterocycles. The number of halogens is 3. The van der Waals surface area contributed by atoms with Crippen molar-refractivity contribution < 1.29 is 27.8 Å². The van der Waals surface area contributed by atoms with Crippen LogP contribution in [0.3, 0.4) is 0 Å². The van der Waals surface area contributed by atoms with Gasteiger partial charge < -0.3 is 9.84 Å². The summed E-state index contributed by atoms with van der Waals surface area (Å²) >= 11 is 0. The molecular weight excluding hydrogens is 477 g/mol. The first kappa shape index (κ1) is 25.3. The summed E-state index contributed by atoms with van der Waals surface area (Å²) in [5.41, 5.74) is 6.65. The van der Waals surface area contributed by atoms with E-state index in [1.54, 1.807) is 0 Å². The SMILES string of the molecule is Cc1ccc(-c2ccc3c(C4CN(Cc5cnn(C)c5)CCO4)nnn3c2)cc1.O=C(O)C(F)(F)F. The number of hydrogen-bond donors (Lipinski definition) is 1. The molecule has 0 radical (unpaired) electrons. The molecule has 12 heteroatoms. The van der Waals surface area contributed by atoms with Crippen molar-refractivity contribution in [2.45, 2.75) is 25.7 Å². The first-order valence-corrected chi connectivity index (χ1v) is 11.1. The van der Waals surface area contributed by atoms with Crippen molar-refractivity contribution in [3.8, 4) is 11.1 Å². The van der Waals surface area contributed by atoms with E-state index in [0.29, 0.717) is 6.61 Å². The fourth-order valence-corrected chi connectivity index (χ4v) is 3.88. The third kappa shape index (κ3) is 6.07. The fourth-order valence-electron chi connectivity index (χ4n) is 3.88. The normalized spacial score (nSPS) is 16.5. The summed E-state index contributed by atoms with van der Waals surface area (Å²) in [6.07, 6.45) is 0.852. The van der Waals surface area contributed by atoms with E-state index < -0.39 is 12.1 Å². The Morgan fingerprint density at radius 3 is 2.47 bits per heavy atom. The van der Waals surface area contributed by atoms with Crippen LogP contribution in [-0.2, 0) is 23.1 Å². The first-order chi connectivity index (χ1) is 17.1. The molecule has 1 N–H and O–H groups in total. The van der Waals surface area contributed by atoms with Crippen molar-refractivity contribution in [2.75, 3.05) is 19.7 Å². The van der Waals surface area contributed by atoms with E-state index in [9.17, 15) is 13.2 Å². The monoisotopic (exact) mass is 502 g/mol. The summed E-state index contributed by atoms with van der Waals surface area (Å²) in [5.74, 6) is -2.76. The topological polar surface area (TPSA) is 97.8 Å². The van der Waals surface area contributed by atoms with Crippen LogP contribution < -0.4 is 0 Å². The molecule has 1 aliphatic heterocycles. The number of ether oxygens (including phenoxy) is 1. The zero-order valence-corrected chi connectivity index (χ0v) is 19.7. The predicted octanol–water partition coefficient (Wildman–Crippen LogP) is 3.65. The van der Waals surface area contributed by atoms with Crippen molar-refractivity contribution in [1.29, 1.82) is 0 Å². The van der Waals surface area contributed by atoms with Crippen molar-refractivity contribution >= 4 is 11.5 Å². The van der Waals surface area contributed by atoms with Gasteiger partial charge in [0.2, 0.25) is 0 Å². The minimum Gasteiger partial charge on any atom is -0.475 e. The zero-order chi connectivity index (χ0) is 25.9. The molecule has 190 valence electrons. The molecule has 0 amide bonds. The molecule has 3 aromatic heterocycles. The van der Waals surface area contributed by atoms with Crippen LogP contribution in [0.1, 0.15) is 22.9 Å². The average Bonchev–Trinajstić information content (AvgIpc) is 3.45. The van der Waals surface area contributed by atoms with Crippen LogP contribution in [-0.4, -0.2) is 66.5 Å². The highest BCUT2D eigenvalue weighted by atomic mass is 19.4. The van der Waals surface area contributed by atoms with E-state index >= 15 is 0 Å². The van der Waals surface area contributed by atoms with Crippen molar-refractivity contribution in [2.24, 2.45) is 7.05 Å². The number of carbonyl (C=O) groups is 1. The summed E-state index contributed by atoms with van der Waals surface area (Å²) < 4.78 is 41.5. The molecule has 0 spiro atoms. The molecule has 1 fully saturated rings. The Morgan fingerprint density at radius 2 is 1.83 bits per heavy atom. The van der Waals surface area contributed by atoms with E-state index in [1.165, 1.54) is 16.7 Å². The Bertz CT molecular complexity index is 1330. The van der Waals surface area contributed by atoms with Gasteiger partial charge in [0.1, 0.15) is 11.8 Å². The third-order valence-electron chi connectivity index (χ3n) is 5.69. The third-order valence-corrected chi connectivity index (χ3v) is 5.69. The number of fused-ring (bicyclic) bond motifs is 1. The number of morpholine rings is 1. The van der Waals surface area contributed by atoms with Gasteiger partial charge in [-0.2, -0.15) is 18.3 Å². The number of aromatic nitrogens is 5. The number of benzene rings is 1. The molecule has 4 heterocycles. The number of carboxylic acid groups (broad SMARTS) is 1. The standard InChI is InChI=1S/C22H24N6O.C2HF3O2/c1-16-3-5-18(6-4-16)19-7-8-20-22(24-25-28(20)14-19)21-15-27(9-10-29-21)13-17-11-23-26(2)12-17;3-2(4,5)1(6)7/h3-8,11-12,14,21H,9-10,13,15H2,1-2H3;(H,6,7). The molecule has 1 aromatic carbocycles. The second kappa shape index (κ2) is 10.5. The zero-order valence-electron chi connectivity index (χ0n) is 19.7. The lowest BCUT2D eigenvalue weighted by atomic mass is 10.1. The van der Waals surface area contributed by atoms with Crippen LogP contribution in [0, 0.1) is 6.92 Å². The van der Waals surface area contributed by atoms with E-state index in [2.05, 4.69) is 69.8 Å². The van der Waals surface area contributed by atoms with E-state index in [1.807, 2.05) is 28.6 Å². The van der Waals surface area contributed by atoms with E-state index in [0.717, 1.165) is 36.4 Å². The minimum atomic E-state index is -5.08. The molecule has 4 aromatic rings. The molecular formula is C24H25F3N6O3. The van der Waals surface area contributed by atoms with Crippen LogP contribution in [0.4, 0.5) is 13.2 Å². The molecule has 1 aliphatic rings. The Balaban J connectivity index is 0.000000384. The van der Waals surface area contributed by atoms with Crippen LogP contribution in [0.15, 0.2) is 55.0 Å². The van der Waals surface area contributed by atoms with Gasteiger partial charge in [-0.3, -0.25) is 9.58 Å². The van der Waals surface area contributed by atoms with Gasteiger partial charge in [-0.25, -0.2) is 9.31 Å². The first-order valence-electron chi connectivity index (χ1n) is 11.1. The molecule has 5 rings (SSSR count). The minimum absolute atomic E-state index is 0.0804. The van der Waals surface area contributed by atoms with Crippen LogP contribution >= 0.6 is 0 Å². The van der Waals surface area contributed by atoms with Gasteiger partial charge in [0, 0.05) is 50.2 Å². The molecule has 9 nitrogen and oxygen atoms in total. The maximum absolute atomic E-state index is 10.6. The van der Waals surface area contributed by atoms with Crippen LogP contribution in [0.25, 0.3) is 16.6 Å². The molecule has 0 saturated carbocycles. The largest absolute Gasteiger partial charge is 0.490 e. The van der Waals surface area contributed by atoms with Gasteiger partial charge >= 0.3 is 12.1 Å². The molecule has 36 heavy (non-hydrogen) atoms. The number of hydrogen-bond acceptors (Lipinski definition) is 6. The summed E-state index contributed by atoms with van der Waals surface area (Å²) in [5, 5.41) is 20.2. The quantitative estimate of drug-likeness (QED) is 0.455. The number of aliphatic carboxylic acids is 1. The summed E-state index contributed by atoms with van der Waals surface area (Å²) in [6.45, 7) is 5.35. The smallest absolute Gasteiger partial charge is 0.475 e. The number of nitrogens with zero attached hydrogens (tertiary/aromatic N) is 6. The molecule has 1 unspecified atom stereocenters. The van der Waals surface area contributed by atoms with Gasteiger partial charge in [0.25, 0.3) is 0 Å². The molecule has 0 aliphatic carbocycles. The summed E-state index contributed by atoms with van der Waals surface area (Å²) in [4.78, 5) is 11.3.